The van der Waals surface area contributed by atoms with Gasteiger partial charge in [0, 0.05) is 0 Å². The van der Waals surface area contributed by atoms with Gasteiger partial charge < -0.3 is 5.11 Å². The lowest BCUT2D eigenvalue weighted by Crippen LogP contribution is -2.35. The fourth-order valence-corrected chi connectivity index (χ4v) is 3.16. The zero-order chi connectivity index (χ0) is 8.06. The summed E-state index contributed by atoms with van der Waals surface area (Å²) >= 11 is 0. The Balaban J connectivity index is 2.16. The van der Waals surface area contributed by atoms with Gasteiger partial charge in [-0.15, -0.1) is 0 Å². The molecule has 2 bridgehead atoms. The molecule has 11 heavy (non-hydrogen) atoms. The molecular weight excluding hydrogens is 136 g/mol. The average Bonchev–Trinajstić information content (AvgIpc) is 2.45. The molecule has 4 atom stereocenters. The van der Waals surface area contributed by atoms with Crippen LogP contribution in [0.1, 0.15) is 39.5 Å². The Hall–Kier alpha value is -0.0400. The molecule has 2 rings (SSSR count). The van der Waals surface area contributed by atoms with Crippen molar-refractivity contribution in [3.8, 4) is 0 Å². The molecule has 64 valence electrons. The molecule has 0 aliphatic heterocycles. The molecular formula is C10H18O. The first-order valence-corrected chi connectivity index (χ1v) is 4.81. The molecule has 4 unspecified atom stereocenters. The minimum atomic E-state index is -0.0993. The Labute approximate surface area is 68.8 Å². The normalized spacial score (nSPS) is 51.5. The first kappa shape index (κ1) is 7.60. The number of hydrogen-bond donors (Lipinski definition) is 1. The summed E-state index contributed by atoms with van der Waals surface area (Å²) < 4.78 is 0. The van der Waals surface area contributed by atoms with Crippen LogP contribution < -0.4 is 0 Å². The lowest BCUT2D eigenvalue weighted by molar-refractivity contribution is 0.00951. The highest BCUT2D eigenvalue weighted by Gasteiger charge is 2.50. The molecule has 2 aliphatic carbocycles. The molecule has 0 spiro atoms. The molecule has 2 saturated carbocycles. The Bertz CT molecular complexity index is 164. The summed E-state index contributed by atoms with van der Waals surface area (Å²) in [5.41, 5.74) is 0.267. The third kappa shape index (κ3) is 0.936. The van der Waals surface area contributed by atoms with Crippen molar-refractivity contribution in [2.45, 2.75) is 45.6 Å². The van der Waals surface area contributed by atoms with Crippen molar-refractivity contribution in [2.24, 2.45) is 17.3 Å². The van der Waals surface area contributed by atoms with Gasteiger partial charge in [0.2, 0.25) is 0 Å². The summed E-state index contributed by atoms with van der Waals surface area (Å²) in [6.45, 7) is 4.22. The summed E-state index contributed by atoms with van der Waals surface area (Å²) in [6, 6.07) is 0. The maximum atomic E-state index is 9.63. The second kappa shape index (κ2) is 2.22. The van der Waals surface area contributed by atoms with Gasteiger partial charge in [0.15, 0.2) is 0 Å². The van der Waals surface area contributed by atoms with Crippen LogP contribution in [-0.4, -0.2) is 11.2 Å². The Morgan fingerprint density at radius 1 is 1.45 bits per heavy atom. The second-order valence-corrected chi connectivity index (χ2v) is 4.76. The van der Waals surface area contributed by atoms with E-state index in [0.29, 0.717) is 0 Å². The van der Waals surface area contributed by atoms with Gasteiger partial charge >= 0.3 is 0 Å². The van der Waals surface area contributed by atoms with Gasteiger partial charge in [-0.1, -0.05) is 13.3 Å². The van der Waals surface area contributed by atoms with Gasteiger partial charge in [-0.05, 0) is 43.4 Å². The van der Waals surface area contributed by atoms with Gasteiger partial charge in [-0.2, -0.15) is 0 Å². The largest absolute Gasteiger partial charge is 0.393 e. The highest BCUT2D eigenvalue weighted by atomic mass is 16.3. The van der Waals surface area contributed by atoms with E-state index in [4.69, 9.17) is 0 Å². The topological polar surface area (TPSA) is 20.2 Å². The minimum Gasteiger partial charge on any atom is -0.393 e. The molecule has 2 fully saturated rings. The SMILES string of the molecule is CC(O)C1(C)CC2CCC1C2. The van der Waals surface area contributed by atoms with Crippen LogP contribution in [0.4, 0.5) is 0 Å². The molecule has 1 N–H and O–H groups in total. The Kier molecular flexibility index (Phi) is 1.54. The third-order valence-electron chi connectivity index (χ3n) is 4.16. The summed E-state index contributed by atoms with van der Waals surface area (Å²) in [5.74, 6) is 1.77. The minimum absolute atomic E-state index is 0.0993. The van der Waals surface area contributed by atoms with Crippen LogP contribution in [0.15, 0.2) is 0 Å². The number of aliphatic hydroxyl groups excluding tert-OH is 1. The second-order valence-electron chi connectivity index (χ2n) is 4.76. The molecule has 0 radical (unpaired) electrons. The van der Waals surface area contributed by atoms with Crippen LogP contribution in [0.2, 0.25) is 0 Å². The highest BCUT2D eigenvalue weighted by molar-refractivity contribution is 5.00. The van der Waals surface area contributed by atoms with Crippen molar-refractivity contribution < 1.29 is 5.11 Å². The third-order valence-corrected chi connectivity index (χ3v) is 4.16. The average molecular weight is 154 g/mol. The zero-order valence-electron chi connectivity index (χ0n) is 7.51. The van der Waals surface area contributed by atoms with Crippen molar-refractivity contribution in [1.29, 1.82) is 0 Å². The lowest BCUT2D eigenvalue weighted by atomic mass is 9.71. The Morgan fingerprint density at radius 2 is 2.18 bits per heavy atom. The van der Waals surface area contributed by atoms with E-state index in [9.17, 15) is 5.11 Å². The van der Waals surface area contributed by atoms with Crippen molar-refractivity contribution >= 4 is 0 Å². The molecule has 0 amide bonds. The van der Waals surface area contributed by atoms with Gasteiger partial charge in [0.1, 0.15) is 0 Å². The van der Waals surface area contributed by atoms with Gasteiger partial charge in [0.25, 0.3) is 0 Å². The predicted molar refractivity (Wildman–Crippen MR) is 45.2 cm³/mol. The van der Waals surface area contributed by atoms with E-state index in [1.807, 2.05) is 6.92 Å². The molecule has 0 aromatic rings. The van der Waals surface area contributed by atoms with E-state index in [1.54, 1.807) is 0 Å². The molecule has 0 aromatic carbocycles. The molecule has 2 aliphatic rings. The van der Waals surface area contributed by atoms with E-state index < -0.39 is 0 Å². The number of rotatable bonds is 1. The quantitative estimate of drug-likeness (QED) is 0.614. The summed E-state index contributed by atoms with van der Waals surface area (Å²) in [4.78, 5) is 0. The molecule has 1 heteroatoms. The highest BCUT2D eigenvalue weighted by Crippen LogP contribution is 2.57. The number of aliphatic hydroxyl groups is 1. The maximum absolute atomic E-state index is 9.63. The van der Waals surface area contributed by atoms with E-state index in [-0.39, 0.29) is 11.5 Å². The van der Waals surface area contributed by atoms with E-state index in [1.165, 1.54) is 25.7 Å². The summed E-state index contributed by atoms with van der Waals surface area (Å²) in [6.07, 6.45) is 5.35. The number of fused-ring (bicyclic) bond motifs is 2. The van der Waals surface area contributed by atoms with E-state index in [2.05, 4.69) is 6.92 Å². The van der Waals surface area contributed by atoms with E-state index in [0.717, 1.165) is 11.8 Å². The zero-order valence-corrected chi connectivity index (χ0v) is 7.51. The van der Waals surface area contributed by atoms with Crippen molar-refractivity contribution in [1.82, 2.24) is 0 Å². The van der Waals surface area contributed by atoms with Crippen molar-refractivity contribution in [2.75, 3.05) is 0 Å². The van der Waals surface area contributed by atoms with Crippen LogP contribution >= 0.6 is 0 Å². The van der Waals surface area contributed by atoms with Crippen molar-refractivity contribution in [3.05, 3.63) is 0 Å². The standard InChI is InChI=1S/C10H18O/c1-7(11)10(2)6-8-3-4-9(10)5-8/h7-9,11H,3-6H2,1-2H3. The molecule has 0 aromatic heterocycles. The van der Waals surface area contributed by atoms with Crippen LogP contribution in [0, 0.1) is 17.3 Å². The lowest BCUT2D eigenvalue weighted by Gasteiger charge is -2.36. The summed E-state index contributed by atoms with van der Waals surface area (Å²) in [7, 11) is 0. The van der Waals surface area contributed by atoms with Crippen LogP contribution in [0.3, 0.4) is 0 Å². The van der Waals surface area contributed by atoms with Gasteiger partial charge in [0.05, 0.1) is 6.10 Å². The molecule has 1 nitrogen and oxygen atoms in total. The van der Waals surface area contributed by atoms with Gasteiger partial charge in [-0.3, -0.25) is 0 Å². The van der Waals surface area contributed by atoms with Gasteiger partial charge in [-0.25, -0.2) is 0 Å². The van der Waals surface area contributed by atoms with Crippen LogP contribution in [-0.2, 0) is 0 Å². The maximum Gasteiger partial charge on any atom is 0.0568 e. The smallest absolute Gasteiger partial charge is 0.0568 e. The predicted octanol–water partition coefficient (Wildman–Crippen LogP) is 2.19. The molecule has 0 saturated heterocycles. The fourth-order valence-electron chi connectivity index (χ4n) is 3.16. The Morgan fingerprint density at radius 3 is 2.45 bits per heavy atom. The van der Waals surface area contributed by atoms with Crippen LogP contribution in [0.5, 0.6) is 0 Å². The first-order valence-electron chi connectivity index (χ1n) is 4.81. The number of hydrogen-bond acceptors (Lipinski definition) is 1. The van der Waals surface area contributed by atoms with E-state index >= 15 is 0 Å². The summed E-state index contributed by atoms with van der Waals surface area (Å²) in [5, 5.41) is 9.63. The molecule has 0 heterocycles. The fraction of sp³-hybridized carbons (Fsp3) is 1.00. The van der Waals surface area contributed by atoms with Crippen LogP contribution in [0.25, 0.3) is 0 Å². The monoisotopic (exact) mass is 154 g/mol. The first-order chi connectivity index (χ1) is 5.13. The van der Waals surface area contributed by atoms with Crippen molar-refractivity contribution in [3.63, 3.8) is 0 Å².